The zero-order valence-corrected chi connectivity index (χ0v) is 15.4. The minimum atomic E-state index is -0.564. The van der Waals surface area contributed by atoms with Crippen LogP contribution in [0.15, 0.2) is 24.3 Å². The van der Waals surface area contributed by atoms with Gasteiger partial charge < -0.3 is 14.5 Å². The number of nitrogens with zero attached hydrogens (tertiary/aromatic N) is 2. The number of amides is 2. The lowest BCUT2D eigenvalue weighted by atomic mass is 9.97. The summed E-state index contributed by atoms with van der Waals surface area (Å²) < 4.78 is 5.31. The van der Waals surface area contributed by atoms with E-state index < -0.39 is 5.97 Å². The first-order valence-electron chi connectivity index (χ1n) is 9.36. The average Bonchev–Trinajstić information content (AvgIpc) is 3.05. The van der Waals surface area contributed by atoms with Crippen molar-refractivity contribution in [1.29, 1.82) is 0 Å². The predicted octanol–water partition coefficient (Wildman–Crippen LogP) is 2.76. The molecule has 2 fully saturated rings. The van der Waals surface area contributed by atoms with E-state index in [1.165, 1.54) is 0 Å². The lowest BCUT2D eigenvalue weighted by Crippen LogP contribution is -2.49. The van der Waals surface area contributed by atoms with Gasteiger partial charge in [0.05, 0.1) is 11.3 Å². The number of benzene rings is 1. The van der Waals surface area contributed by atoms with Crippen LogP contribution in [0.1, 0.15) is 56.3 Å². The van der Waals surface area contributed by atoms with Gasteiger partial charge in [-0.1, -0.05) is 12.1 Å². The maximum absolute atomic E-state index is 12.5. The van der Waals surface area contributed by atoms with Crippen molar-refractivity contribution in [2.24, 2.45) is 0 Å². The Hall–Kier alpha value is -2.37. The first-order chi connectivity index (χ1) is 12.5. The number of ether oxygens (including phenoxy) is 1. The number of hydrogen-bond acceptors (Lipinski definition) is 4. The molecule has 0 N–H and O–H groups in total. The minimum absolute atomic E-state index is 0.0114. The van der Waals surface area contributed by atoms with Gasteiger partial charge in [0.25, 0.3) is 5.91 Å². The third-order valence-corrected chi connectivity index (χ3v) is 5.30. The molecule has 6 heteroatoms. The molecule has 2 atom stereocenters. The number of likely N-dealkylation sites (tertiary alicyclic amines) is 1. The maximum Gasteiger partial charge on any atom is 0.340 e. The van der Waals surface area contributed by atoms with Gasteiger partial charge in [0.1, 0.15) is 0 Å². The number of rotatable bonds is 4. The van der Waals surface area contributed by atoms with Gasteiger partial charge in [-0.25, -0.2) is 4.79 Å². The third kappa shape index (κ3) is 3.74. The first-order valence-corrected chi connectivity index (χ1v) is 9.36. The molecule has 2 amide bonds. The monoisotopic (exact) mass is 358 g/mol. The van der Waals surface area contributed by atoms with Crippen molar-refractivity contribution in [3.05, 3.63) is 29.8 Å². The van der Waals surface area contributed by atoms with E-state index in [1.54, 1.807) is 29.2 Å². The molecule has 3 rings (SSSR count). The molecule has 0 radical (unpaired) electrons. The summed E-state index contributed by atoms with van der Waals surface area (Å²) in [5.41, 5.74) is 0.891. The fourth-order valence-corrected chi connectivity index (χ4v) is 3.98. The van der Waals surface area contributed by atoms with E-state index in [4.69, 9.17) is 4.74 Å². The number of hydrogen-bond donors (Lipinski definition) is 0. The average molecular weight is 358 g/mol. The fraction of sp³-hybridized carbons (Fsp3) is 0.550. The summed E-state index contributed by atoms with van der Waals surface area (Å²) in [6.45, 7) is 4.40. The van der Waals surface area contributed by atoms with Gasteiger partial charge in [0, 0.05) is 25.0 Å². The molecule has 2 aliphatic heterocycles. The number of para-hydroxylation sites is 1. The molecule has 0 aromatic heterocycles. The van der Waals surface area contributed by atoms with Crippen LogP contribution in [-0.2, 0) is 14.3 Å². The van der Waals surface area contributed by atoms with Crippen molar-refractivity contribution in [1.82, 2.24) is 4.90 Å². The van der Waals surface area contributed by atoms with Gasteiger partial charge >= 0.3 is 5.97 Å². The Morgan fingerprint density at radius 1 is 1.12 bits per heavy atom. The van der Waals surface area contributed by atoms with Gasteiger partial charge in [-0.3, -0.25) is 9.59 Å². The molecule has 1 aromatic rings. The zero-order chi connectivity index (χ0) is 18.7. The molecular weight excluding hydrogens is 332 g/mol. The van der Waals surface area contributed by atoms with E-state index >= 15 is 0 Å². The Morgan fingerprint density at radius 3 is 2.46 bits per heavy atom. The molecular formula is C20H26N2O4. The molecule has 2 saturated heterocycles. The normalized spacial score (nSPS) is 23.2. The van der Waals surface area contributed by atoms with Gasteiger partial charge in [0.15, 0.2) is 6.61 Å². The molecule has 2 heterocycles. The quantitative estimate of drug-likeness (QED) is 0.776. The van der Waals surface area contributed by atoms with Crippen LogP contribution in [-0.4, -0.2) is 47.9 Å². The van der Waals surface area contributed by atoms with Crippen LogP contribution < -0.4 is 4.90 Å². The highest BCUT2D eigenvalue weighted by Crippen LogP contribution is 2.26. The summed E-state index contributed by atoms with van der Waals surface area (Å²) in [7, 11) is 0. The maximum atomic E-state index is 12.5. The Bertz CT molecular complexity index is 693. The van der Waals surface area contributed by atoms with E-state index in [1.807, 2.05) is 18.7 Å². The van der Waals surface area contributed by atoms with Crippen LogP contribution in [0.2, 0.25) is 0 Å². The standard InChI is InChI=1S/C20H26N2O4/c1-14-7-5-8-15(2)22(14)19(24)13-26-20(25)16-9-3-4-10-17(16)21-12-6-11-18(21)23/h3-4,9-10,14-15H,5-8,11-13H2,1-2H3/t14-,15-/m0/s1. The molecule has 0 spiro atoms. The van der Waals surface area contributed by atoms with Crippen molar-refractivity contribution in [2.75, 3.05) is 18.1 Å². The summed E-state index contributed by atoms with van der Waals surface area (Å²) in [6.07, 6.45) is 4.34. The first kappa shape index (κ1) is 18.4. The second-order valence-electron chi connectivity index (χ2n) is 7.17. The number of carbonyl (C=O) groups is 3. The number of anilines is 1. The lowest BCUT2D eigenvalue weighted by Gasteiger charge is -2.38. The van der Waals surface area contributed by atoms with Gasteiger partial charge in [0.2, 0.25) is 5.91 Å². The molecule has 0 unspecified atom stereocenters. The summed E-state index contributed by atoms with van der Waals surface area (Å²) in [5, 5.41) is 0. The lowest BCUT2D eigenvalue weighted by molar-refractivity contribution is -0.140. The van der Waals surface area contributed by atoms with E-state index in [0.29, 0.717) is 24.2 Å². The Kier molecular flexibility index (Phi) is 5.59. The smallest absolute Gasteiger partial charge is 0.340 e. The molecule has 0 saturated carbocycles. The van der Waals surface area contributed by atoms with Crippen molar-refractivity contribution in [3.63, 3.8) is 0 Å². The van der Waals surface area contributed by atoms with Crippen molar-refractivity contribution >= 4 is 23.5 Å². The zero-order valence-electron chi connectivity index (χ0n) is 15.4. The van der Waals surface area contributed by atoms with Crippen LogP contribution in [0.3, 0.4) is 0 Å². The molecule has 2 aliphatic rings. The SMILES string of the molecule is C[C@H]1CCC[C@H](C)N1C(=O)COC(=O)c1ccccc1N1CCCC1=O. The summed E-state index contributed by atoms with van der Waals surface area (Å²) in [5.74, 6) is -0.712. The number of esters is 1. The van der Waals surface area contributed by atoms with E-state index in [0.717, 1.165) is 25.7 Å². The topological polar surface area (TPSA) is 66.9 Å². The Balaban J connectivity index is 1.67. The number of piperidine rings is 1. The third-order valence-electron chi connectivity index (χ3n) is 5.30. The van der Waals surface area contributed by atoms with E-state index in [9.17, 15) is 14.4 Å². The summed E-state index contributed by atoms with van der Waals surface area (Å²) in [4.78, 5) is 40.5. The van der Waals surface area contributed by atoms with E-state index in [2.05, 4.69) is 0 Å². The minimum Gasteiger partial charge on any atom is -0.452 e. The van der Waals surface area contributed by atoms with Gasteiger partial charge in [-0.05, 0) is 51.7 Å². The van der Waals surface area contributed by atoms with Crippen LogP contribution in [0.5, 0.6) is 0 Å². The molecule has 6 nitrogen and oxygen atoms in total. The van der Waals surface area contributed by atoms with Gasteiger partial charge in [-0.2, -0.15) is 0 Å². The second kappa shape index (κ2) is 7.89. The summed E-state index contributed by atoms with van der Waals surface area (Å²) in [6, 6.07) is 7.24. The molecule has 0 bridgehead atoms. The highest BCUT2D eigenvalue weighted by atomic mass is 16.5. The van der Waals surface area contributed by atoms with Crippen LogP contribution in [0.4, 0.5) is 5.69 Å². The molecule has 0 aliphatic carbocycles. The Labute approximate surface area is 154 Å². The predicted molar refractivity (Wildman–Crippen MR) is 97.9 cm³/mol. The van der Waals surface area contributed by atoms with Crippen LogP contribution >= 0.6 is 0 Å². The van der Waals surface area contributed by atoms with Gasteiger partial charge in [-0.15, -0.1) is 0 Å². The Morgan fingerprint density at radius 2 is 1.81 bits per heavy atom. The van der Waals surface area contributed by atoms with E-state index in [-0.39, 0.29) is 30.5 Å². The number of carbonyl (C=O) groups excluding carboxylic acids is 3. The fourth-order valence-electron chi connectivity index (χ4n) is 3.98. The molecule has 140 valence electrons. The van der Waals surface area contributed by atoms with Crippen molar-refractivity contribution in [2.45, 2.75) is 58.0 Å². The largest absolute Gasteiger partial charge is 0.452 e. The van der Waals surface area contributed by atoms with Crippen LogP contribution in [0.25, 0.3) is 0 Å². The van der Waals surface area contributed by atoms with Crippen molar-refractivity contribution < 1.29 is 19.1 Å². The summed E-state index contributed by atoms with van der Waals surface area (Å²) >= 11 is 0. The second-order valence-corrected chi connectivity index (χ2v) is 7.17. The highest BCUT2D eigenvalue weighted by Gasteiger charge is 2.30. The van der Waals surface area contributed by atoms with Crippen molar-refractivity contribution in [3.8, 4) is 0 Å². The molecule has 1 aromatic carbocycles. The van der Waals surface area contributed by atoms with Crippen LogP contribution in [0, 0.1) is 0 Å². The highest BCUT2D eigenvalue weighted by molar-refractivity contribution is 6.03. The molecule has 26 heavy (non-hydrogen) atoms.